The van der Waals surface area contributed by atoms with Gasteiger partial charge in [-0.3, -0.25) is 9.30 Å². The van der Waals surface area contributed by atoms with Crippen LogP contribution in [0.4, 0.5) is 17.2 Å². The van der Waals surface area contributed by atoms with Gasteiger partial charge in [0.15, 0.2) is 0 Å². The minimum atomic E-state index is -0.215. The Morgan fingerprint density at radius 3 is 2.12 bits per heavy atom. The lowest BCUT2D eigenvalue weighted by Gasteiger charge is -2.41. The third kappa shape index (κ3) is 4.52. The van der Waals surface area contributed by atoms with Crippen molar-refractivity contribution in [2.45, 2.75) is 19.3 Å². The molecule has 1 aliphatic heterocycles. The maximum atomic E-state index is 6.82. The summed E-state index contributed by atoms with van der Waals surface area (Å²) in [4.78, 5) is 12.4. The predicted octanol–water partition coefficient (Wildman–Crippen LogP) is 13.2. The zero-order valence-corrected chi connectivity index (χ0v) is 31.4. The van der Waals surface area contributed by atoms with Crippen LogP contribution in [0.5, 0.6) is 11.5 Å². The van der Waals surface area contributed by atoms with E-state index >= 15 is 0 Å². The van der Waals surface area contributed by atoms with E-state index in [1.165, 1.54) is 27.4 Å². The maximum absolute atomic E-state index is 6.82. The molecular formula is C51H35N5O. The molecule has 0 atom stereocenters. The van der Waals surface area contributed by atoms with Crippen molar-refractivity contribution in [1.29, 1.82) is 0 Å². The summed E-state index contributed by atoms with van der Waals surface area (Å²) in [6, 6.07) is 60.0. The van der Waals surface area contributed by atoms with Gasteiger partial charge in [-0.25, -0.2) is 9.97 Å². The van der Waals surface area contributed by atoms with Crippen LogP contribution in [0.25, 0.3) is 65.8 Å². The van der Waals surface area contributed by atoms with Gasteiger partial charge in [0.25, 0.3) is 0 Å². The van der Waals surface area contributed by atoms with Crippen molar-refractivity contribution in [3.63, 3.8) is 0 Å². The van der Waals surface area contributed by atoms with Crippen LogP contribution in [0.2, 0.25) is 0 Å². The number of benzene rings is 7. The molecule has 6 heteroatoms. The fourth-order valence-corrected chi connectivity index (χ4v) is 9.42. The Hall–Kier alpha value is -7.44. The van der Waals surface area contributed by atoms with E-state index in [0.717, 1.165) is 78.3 Å². The number of para-hydroxylation sites is 5. The van der Waals surface area contributed by atoms with Gasteiger partial charge in [-0.2, -0.15) is 0 Å². The normalized spacial score (nSPS) is 13.5. The van der Waals surface area contributed by atoms with E-state index in [1.54, 1.807) is 0 Å². The van der Waals surface area contributed by atoms with E-state index in [1.807, 2.05) is 18.3 Å². The van der Waals surface area contributed by atoms with Gasteiger partial charge < -0.3 is 9.30 Å². The molecule has 57 heavy (non-hydrogen) atoms. The Bertz CT molecular complexity index is 3420. The second-order valence-corrected chi connectivity index (χ2v) is 15.5. The third-order valence-electron chi connectivity index (χ3n) is 11.9. The van der Waals surface area contributed by atoms with Crippen LogP contribution in [0.1, 0.15) is 25.0 Å². The predicted molar refractivity (Wildman–Crippen MR) is 233 cm³/mol. The summed E-state index contributed by atoms with van der Waals surface area (Å²) >= 11 is 0. The standard InChI is InChI=1S/C51H35N5O/c1-51(2)39-17-7-10-20-43(39)55(47-22-12-13-29-52-47)46-31-34(24-27-40(46)51)57-33-23-25-35-36-26-28-45-48(37-16-6-9-19-42(37)54(45)32-14-4-3-5-15-32)49(36)56-44-21-11-8-18-41(44)53-50(56)38(35)30-33/h3-31H,1-2H3. The average molecular weight is 734 g/mol. The van der Waals surface area contributed by atoms with Gasteiger partial charge >= 0.3 is 0 Å². The van der Waals surface area contributed by atoms with Crippen LogP contribution in [-0.4, -0.2) is 18.9 Å². The lowest BCUT2D eigenvalue weighted by Crippen LogP contribution is -2.30. The third-order valence-corrected chi connectivity index (χ3v) is 11.9. The summed E-state index contributed by atoms with van der Waals surface area (Å²) in [6.45, 7) is 4.59. The molecule has 5 heterocycles. The molecule has 6 nitrogen and oxygen atoms in total. The average Bonchev–Trinajstić information content (AvgIpc) is 3.81. The molecule has 11 aromatic rings. The molecule has 0 N–H and O–H groups in total. The van der Waals surface area contributed by atoms with E-state index in [-0.39, 0.29) is 5.41 Å². The molecule has 0 amide bonds. The Morgan fingerprint density at radius 1 is 0.526 bits per heavy atom. The zero-order chi connectivity index (χ0) is 37.8. The highest BCUT2D eigenvalue weighted by atomic mass is 16.5. The number of nitrogens with zero attached hydrogens (tertiary/aromatic N) is 5. The molecule has 0 saturated heterocycles. The molecule has 0 radical (unpaired) electrons. The number of hydrogen-bond acceptors (Lipinski definition) is 4. The smallest absolute Gasteiger partial charge is 0.146 e. The first-order valence-electron chi connectivity index (χ1n) is 19.4. The van der Waals surface area contributed by atoms with Crippen LogP contribution >= 0.6 is 0 Å². The molecule has 1 aliphatic rings. The first-order chi connectivity index (χ1) is 28.0. The molecule has 4 aromatic heterocycles. The summed E-state index contributed by atoms with van der Waals surface area (Å²) in [5, 5.41) is 5.74. The first kappa shape index (κ1) is 31.9. The summed E-state index contributed by atoms with van der Waals surface area (Å²) in [5.41, 5.74) is 12.0. The largest absolute Gasteiger partial charge is 0.457 e. The summed E-state index contributed by atoms with van der Waals surface area (Å²) in [7, 11) is 0. The summed E-state index contributed by atoms with van der Waals surface area (Å²) in [6.07, 6.45) is 1.85. The van der Waals surface area contributed by atoms with Crippen molar-refractivity contribution in [2.24, 2.45) is 0 Å². The number of rotatable bonds is 4. The molecule has 0 fully saturated rings. The fourth-order valence-electron chi connectivity index (χ4n) is 9.42. The van der Waals surface area contributed by atoms with Gasteiger partial charge in [0, 0.05) is 44.9 Å². The molecule has 0 spiro atoms. The van der Waals surface area contributed by atoms with Gasteiger partial charge in [0.1, 0.15) is 23.0 Å². The number of fused-ring (bicyclic) bond motifs is 14. The number of imidazole rings is 1. The molecule has 7 aromatic carbocycles. The minimum Gasteiger partial charge on any atom is -0.457 e. The number of aromatic nitrogens is 4. The SMILES string of the molecule is CC1(C)c2ccccc2N(c2ccccn2)c2cc(Oc3ccc4c(c3)c3nc5ccccc5n3c3c4ccc4c3c3ccccc3n4-c3ccccc3)ccc21. The van der Waals surface area contributed by atoms with E-state index in [2.05, 4.69) is 185 Å². The van der Waals surface area contributed by atoms with Crippen molar-refractivity contribution in [3.8, 4) is 17.2 Å². The van der Waals surface area contributed by atoms with Gasteiger partial charge in [-0.05, 0) is 95.4 Å². The topological polar surface area (TPSA) is 47.6 Å². The first-order valence-corrected chi connectivity index (χ1v) is 19.4. The van der Waals surface area contributed by atoms with Gasteiger partial charge in [-0.1, -0.05) is 98.8 Å². The van der Waals surface area contributed by atoms with Gasteiger partial charge in [0.05, 0.1) is 39.0 Å². The Balaban J connectivity index is 1.07. The molecule has 12 rings (SSSR count). The number of pyridine rings is 2. The molecule has 0 aliphatic carbocycles. The fraction of sp³-hybridized carbons (Fsp3) is 0.0588. The molecule has 0 saturated carbocycles. The van der Waals surface area contributed by atoms with Crippen molar-refractivity contribution in [3.05, 3.63) is 187 Å². The van der Waals surface area contributed by atoms with Crippen molar-refractivity contribution in [1.82, 2.24) is 18.9 Å². The van der Waals surface area contributed by atoms with Crippen molar-refractivity contribution in [2.75, 3.05) is 4.90 Å². The Morgan fingerprint density at radius 2 is 1.25 bits per heavy atom. The van der Waals surface area contributed by atoms with Crippen LogP contribution in [0, 0.1) is 0 Å². The van der Waals surface area contributed by atoms with Gasteiger partial charge in [0.2, 0.25) is 0 Å². The van der Waals surface area contributed by atoms with E-state index in [4.69, 9.17) is 14.7 Å². The Kier molecular flexibility index (Phi) is 6.59. The van der Waals surface area contributed by atoms with Crippen LogP contribution in [0.3, 0.4) is 0 Å². The highest BCUT2D eigenvalue weighted by molar-refractivity contribution is 6.26. The lowest BCUT2D eigenvalue weighted by atomic mass is 9.73. The number of hydrogen-bond donors (Lipinski definition) is 0. The zero-order valence-electron chi connectivity index (χ0n) is 31.4. The van der Waals surface area contributed by atoms with E-state index in [0.29, 0.717) is 0 Å². The van der Waals surface area contributed by atoms with E-state index < -0.39 is 0 Å². The minimum absolute atomic E-state index is 0.215. The quantitative estimate of drug-likeness (QED) is 0.169. The van der Waals surface area contributed by atoms with Gasteiger partial charge in [-0.15, -0.1) is 0 Å². The van der Waals surface area contributed by atoms with E-state index in [9.17, 15) is 0 Å². The van der Waals surface area contributed by atoms with Crippen molar-refractivity contribution >= 4 is 77.4 Å². The number of anilines is 3. The highest BCUT2D eigenvalue weighted by Gasteiger charge is 2.37. The molecule has 0 unspecified atom stereocenters. The molecule has 0 bridgehead atoms. The highest BCUT2D eigenvalue weighted by Crippen LogP contribution is 2.52. The second kappa shape index (κ2) is 11.8. The maximum Gasteiger partial charge on any atom is 0.146 e. The van der Waals surface area contributed by atoms with Crippen LogP contribution in [0.15, 0.2) is 176 Å². The van der Waals surface area contributed by atoms with Crippen molar-refractivity contribution < 1.29 is 4.74 Å². The van der Waals surface area contributed by atoms with Crippen LogP contribution < -0.4 is 9.64 Å². The lowest BCUT2D eigenvalue weighted by molar-refractivity contribution is 0.482. The molecular weight excluding hydrogens is 699 g/mol. The molecule has 270 valence electrons. The monoisotopic (exact) mass is 733 g/mol. The second-order valence-electron chi connectivity index (χ2n) is 15.5. The van der Waals surface area contributed by atoms with Crippen LogP contribution in [-0.2, 0) is 5.41 Å². The Labute approximate surface area is 328 Å². The number of ether oxygens (including phenoxy) is 1. The summed E-state index contributed by atoms with van der Waals surface area (Å²) < 4.78 is 11.6. The summed E-state index contributed by atoms with van der Waals surface area (Å²) in [5.74, 6) is 2.37.